The van der Waals surface area contributed by atoms with Crippen LogP contribution in [0.25, 0.3) is 0 Å². The van der Waals surface area contributed by atoms with Gasteiger partial charge >= 0.3 is 0 Å². The number of aliphatic hydroxyl groups excluding tert-OH is 3. The molecule has 2 saturated carbocycles. The van der Waals surface area contributed by atoms with E-state index in [1.54, 1.807) is 0 Å². The molecule has 1 aliphatic heterocycles. The molecular formula is C15H26O4. The molecule has 0 radical (unpaired) electrons. The van der Waals surface area contributed by atoms with Gasteiger partial charge in [-0.2, -0.15) is 0 Å². The Morgan fingerprint density at radius 1 is 1.05 bits per heavy atom. The number of rotatable bonds is 0. The maximum Gasteiger partial charge on any atom is 0.0905 e. The standard InChI is InChI=1S/C15H26O4/c1-8-5-10(16)12(18)14(4)11(17)6-9-7-15(8,14)19-13(9,2)3/h8-12,16-18H,5-7H2,1-4H3/t8-,9+,10-,11-,12-,14+,15-/m0/s1. The monoisotopic (exact) mass is 270 g/mol. The van der Waals surface area contributed by atoms with Gasteiger partial charge in [0.2, 0.25) is 0 Å². The molecule has 0 aromatic carbocycles. The third-order valence-electron chi connectivity index (χ3n) is 6.46. The van der Waals surface area contributed by atoms with E-state index >= 15 is 0 Å². The Balaban J connectivity index is 2.13. The fourth-order valence-corrected chi connectivity index (χ4v) is 5.06. The van der Waals surface area contributed by atoms with Gasteiger partial charge in [-0.3, -0.25) is 0 Å². The van der Waals surface area contributed by atoms with E-state index in [0.717, 1.165) is 6.42 Å². The minimum absolute atomic E-state index is 0.134. The molecule has 4 nitrogen and oxygen atoms in total. The Bertz CT molecular complexity index is 396. The second kappa shape index (κ2) is 3.73. The van der Waals surface area contributed by atoms with Crippen molar-refractivity contribution < 1.29 is 20.1 Å². The van der Waals surface area contributed by atoms with Crippen molar-refractivity contribution in [1.29, 1.82) is 0 Å². The molecule has 2 aliphatic carbocycles. The van der Waals surface area contributed by atoms with E-state index in [2.05, 4.69) is 20.8 Å². The molecule has 2 bridgehead atoms. The Hall–Kier alpha value is -0.160. The molecule has 7 atom stereocenters. The molecule has 0 aromatic rings. The van der Waals surface area contributed by atoms with Crippen LogP contribution in [0, 0.1) is 17.3 Å². The van der Waals surface area contributed by atoms with Gasteiger partial charge in [-0.15, -0.1) is 0 Å². The predicted octanol–water partition coefficient (Wildman–Crippen LogP) is 1.07. The van der Waals surface area contributed by atoms with E-state index in [-0.39, 0.29) is 11.5 Å². The highest BCUT2D eigenvalue weighted by Gasteiger charge is 2.72. The summed E-state index contributed by atoms with van der Waals surface area (Å²) in [5.41, 5.74) is -1.57. The lowest BCUT2D eigenvalue weighted by Crippen LogP contribution is -2.69. The van der Waals surface area contributed by atoms with Crippen molar-refractivity contribution >= 4 is 0 Å². The lowest BCUT2D eigenvalue weighted by Gasteiger charge is -2.60. The van der Waals surface area contributed by atoms with Crippen LogP contribution >= 0.6 is 0 Å². The highest BCUT2D eigenvalue weighted by molar-refractivity contribution is 5.21. The van der Waals surface area contributed by atoms with Gasteiger partial charge in [-0.25, -0.2) is 0 Å². The Morgan fingerprint density at radius 2 is 1.68 bits per heavy atom. The summed E-state index contributed by atoms with van der Waals surface area (Å²) in [6, 6.07) is 0. The lowest BCUT2D eigenvalue weighted by molar-refractivity contribution is -0.276. The zero-order valence-corrected chi connectivity index (χ0v) is 12.3. The van der Waals surface area contributed by atoms with Crippen molar-refractivity contribution in [3.05, 3.63) is 0 Å². The van der Waals surface area contributed by atoms with E-state index in [0.29, 0.717) is 18.8 Å². The Labute approximate surface area is 114 Å². The fourth-order valence-electron chi connectivity index (χ4n) is 5.06. The van der Waals surface area contributed by atoms with Crippen LogP contribution in [0.15, 0.2) is 0 Å². The maximum absolute atomic E-state index is 10.6. The first-order valence-electron chi connectivity index (χ1n) is 7.39. The van der Waals surface area contributed by atoms with Crippen LogP contribution in [-0.2, 0) is 4.74 Å². The summed E-state index contributed by atoms with van der Waals surface area (Å²) in [7, 11) is 0. The maximum atomic E-state index is 10.6. The summed E-state index contributed by atoms with van der Waals surface area (Å²) in [5.74, 6) is 0.454. The van der Waals surface area contributed by atoms with E-state index in [1.807, 2.05) is 6.92 Å². The molecule has 0 amide bonds. The molecule has 3 fully saturated rings. The molecule has 0 aromatic heterocycles. The number of ether oxygens (including phenoxy) is 1. The van der Waals surface area contributed by atoms with Crippen LogP contribution < -0.4 is 0 Å². The molecule has 110 valence electrons. The Morgan fingerprint density at radius 3 is 2.32 bits per heavy atom. The molecule has 19 heavy (non-hydrogen) atoms. The van der Waals surface area contributed by atoms with Gasteiger partial charge in [-0.1, -0.05) is 13.8 Å². The molecule has 3 aliphatic rings. The normalized spacial score (nSPS) is 59.8. The lowest BCUT2D eigenvalue weighted by atomic mass is 9.50. The molecule has 3 N–H and O–H groups in total. The van der Waals surface area contributed by atoms with Crippen molar-refractivity contribution in [3.63, 3.8) is 0 Å². The van der Waals surface area contributed by atoms with Crippen LogP contribution in [-0.4, -0.2) is 44.8 Å². The van der Waals surface area contributed by atoms with Gasteiger partial charge in [0.05, 0.1) is 34.9 Å². The second-order valence-electron chi connectivity index (χ2n) is 7.68. The van der Waals surface area contributed by atoms with Crippen molar-refractivity contribution in [2.45, 2.75) is 76.5 Å². The van der Waals surface area contributed by atoms with Crippen LogP contribution in [0.2, 0.25) is 0 Å². The van der Waals surface area contributed by atoms with Crippen molar-refractivity contribution in [3.8, 4) is 0 Å². The summed E-state index contributed by atoms with van der Waals surface area (Å²) in [6.45, 7) is 8.12. The first-order chi connectivity index (χ1) is 8.65. The number of fused-ring (bicyclic) bond motifs is 1. The van der Waals surface area contributed by atoms with E-state index in [9.17, 15) is 15.3 Å². The first-order valence-corrected chi connectivity index (χ1v) is 7.39. The topological polar surface area (TPSA) is 69.9 Å². The molecule has 1 saturated heterocycles. The van der Waals surface area contributed by atoms with Crippen LogP contribution in [0.3, 0.4) is 0 Å². The zero-order valence-electron chi connectivity index (χ0n) is 12.3. The highest BCUT2D eigenvalue weighted by Crippen LogP contribution is 2.65. The SMILES string of the molecule is C[C@H]1C[C@H](O)[C@H](O)[C@@]2(C)[C@@H](O)C[C@@H]3C[C@]12OC3(C)C. The van der Waals surface area contributed by atoms with Crippen LogP contribution in [0.1, 0.15) is 47.0 Å². The largest absolute Gasteiger partial charge is 0.392 e. The van der Waals surface area contributed by atoms with Gasteiger partial charge in [0.25, 0.3) is 0 Å². The Kier molecular flexibility index (Phi) is 2.71. The second-order valence-corrected chi connectivity index (χ2v) is 7.68. The molecule has 3 rings (SSSR count). The summed E-state index contributed by atoms with van der Waals surface area (Å²) in [5, 5.41) is 31.2. The van der Waals surface area contributed by atoms with Crippen molar-refractivity contribution in [1.82, 2.24) is 0 Å². The molecular weight excluding hydrogens is 244 g/mol. The van der Waals surface area contributed by atoms with E-state index in [1.165, 1.54) is 0 Å². The average Bonchev–Trinajstić information content (AvgIpc) is 2.54. The zero-order chi connectivity index (χ0) is 14.2. The third-order valence-corrected chi connectivity index (χ3v) is 6.46. The quantitative estimate of drug-likeness (QED) is 0.616. The number of hydrogen-bond donors (Lipinski definition) is 3. The van der Waals surface area contributed by atoms with Crippen LogP contribution in [0.4, 0.5) is 0 Å². The smallest absolute Gasteiger partial charge is 0.0905 e. The van der Waals surface area contributed by atoms with Gasteiger partial charge in [0.15, 0.2) is 0 Å². The number of aliphatic hydroxyl groups is 3. The van der Waals surface area contributed by atoms with E-state index < -0.39 is 29.3 Å². The molecule has 1 heterocycles. The number of hydrogen-bond acceptors (Lipinski definition) is 4. The minimum Gasteiger partial charge on any atom is -0.392 e. The average molecular weight is 270 g/mol. The van der Waals surface area contributed by atoms with Gasteiger partial charge in [0, 0.05) is 0 Å². The van der Waals surface area contributed by atoms with Gasteiger partial charge in [-0.05, 0) is 44.9 Å². The summed E-state index contributed by atoms with van der Waals surface area (Å²) < 4.78 is 6.44. The highest BCUT2D eigenvalue weighted by atomic mass is 16.5. The van der Waals surface area contributed by atoms with Crippen LogP contribution in [0.5, 0.6) is 0 Å². The summed E-state index contributed by atoms with van der Waals surface area (Å²) >= 11 is 0. The predicted molar refractivity (Wildman–Crippen MR) is 70.5 cm³/mol. The summed E-state index contributed by atoms with van der Waals surface area (Å²) in [6.07, 6.45) is -0.273. The minimum atomic E-state index is -0.923. The summed E-state index contributed by atoms with van der Waals surface area (Å²) in [4.78, 5) is 0. The van der Waals surface area contributed by atoms with Gasteiger partial charge < -0.3 is 20.1 Å². The molecule has 1 spiro atoms. The third kappa shape index (κ3) is 1.44. The van der Waals surface area contributed by atoms with Crippen molar-refractivity contribution in [2.75, 3.05) is 0 Å². The first kappa shape index (κ1) is 13.8. The van der Waals surface area contributed by atoms with E-state index in [4.69, 9.17) is 4.74 Å². The van der Waals surface area contributed by atoms with Crippen molar-refractivity contribution in [2.24, 2.45) is 17.3 Å². The van der Waals surface area contributed by atoms with Gasteiger partial charge in [0.1, 0.15) is 0 Å². The molecule has 4 heteroatoms. The molecule has 0 unspecified atom stereocenters. The fraction of sp³-hybridized carbons (Fsp3) is 1.00.